The van der Waals surface area contributed by atoms with Gasteiger partial charge in [-0.1, -0.05) is 38.4 Å². The number of halogens is 1. The molecule has 1 unspecified atom stereocenters. The van der Waals surface area contributed by atoms with Gasteiger partial charge in [0.25, 0.3) is 0 Å². The van der Waals surface area contributed by atoms with E-state index in [2.05, 4.69) is 57.1 Å². The molecule has 0 heterocycles. The van der Waals surface area contributed by atoms with Crippen LogP contribution in [0.5, 0.6) is 0 Å². The van der Waals surface area contributed by atoms with Crippen LogP contribution in [0.4, 0.5) is 5.69 Å². The summed E-state index contributed by atoms with van der Waals surface area (Å²) in [6.45, 7) is 10.0. The first-order valence-electron chi connectivity index (χ1n) is 7.53. The highest BCUT2D eigenvalue weighted by Crippen LogP contribution is 2.32. The second-order valence-corrected chi connectivity index (χ2v) is 7.52. The Morgan fingerprint density at radius 3 is 2.55 bits per heavy atom. The van der Waals surface area contributed by atoms with Crippen molar-refractivity contribution in [3.05, 3.63) is 28.8 Å². The van der Waals surface area contributed by atoms with Gasteiger partial charge in [-0.25, -0.2) is 0 Å². The van der Waals surface area contributed by atoms with Crippen molar-refractivity contribution in [3.63, 3.8) is 0 Å². The zero-order valence-electron chi connectivity index (χ0n) is 13.3. The van der Waals surface area contributed by atoms with E-state index in [1.54, 1.807) is 0 Å². The second-order valence-electron chi connectivity index (χ2n) is 7.08. The molecule has 3 heteroatoms. The third kappa shape index (κ3) is 3.89. The lowest BCUT2D eigenvalue weighted by atomic mass is 9.86. The minimum atomic E-state index is 0.234. The Morgan fingerprint density at radius 2 is 2.00 bits per heavy atom. The van der Waals surface area contributed by atoms with Crippen LogP contribution < -0.4 is 10.2 Å². The monoisotopic (exact) mass is 294 g/mol. The van der Waals surface area contributed by atoms with Crippen molar-refractivity contribution in [2.75, 3.05) is 11.9 Å². The van der Waals surface area contributed by atoms with E-state index in [-0.39, 0.29) is 5.41 Å². The van der Waals surface area contributed by atoms with Crippen molar-refractivity contribution in [3.8, 4) is 0 Å². The topological polar surface area (TPSA) is 15.3 Å². The molecule has 1 atom stereocenters. The molecule has 0 aliphatic heterocycles. The molecule has 0 saturated heterocycles. The molecule has 1 aliphatic carbocycles. The first-order valence-corrected chi connectivity index (χ1v) is 7.91. The summed E-state index contributed by atoms with van der Waals surface area (Å²) in [5.41, 5.74) is 2.81. The van der Waals surface area contributed by atoms with Gasteiger partial charge >= 0.3 is 0 Å². The van der Waals surface area contributed by atoms with Gasteiger partial charge in [-0.3, -0.25) is 0 Å². The van der Waals surface area contributed by atoms with Gasteiger partial charge in [0.2, 0.25) is 0 Å². The number of hydrogen-bond acceptors (Lipinski definition) is 2. The lowest BCUT2D eigenvalue weighted by Crippen LogP contribution is -2.40. The second kappa shape index (κ2) is 5.95. The van der Waals surface area contributed by atoms with Crippen LogP contribution in [0.2, 0.25) is 5.02 Å². The molecule has 0 amide bonds. The molecule has 1 aromatic rings. The number of nitrogens with one attached hydrogen (secondary N) is 1. The zero-order chi connectivity index (χ0) is 14.9. The van der Waals surface area contributed by atoms with Crippen LogP contribution >= 0.6 is 11.6 Å². The van der Waals surface area contributed by atoms with Crippen molar-refractivity contribution in [2.24, 2.45) is 5.41 Å². The minimum Gasteiger partial charge on any atom is -0.371 e. The normalized spacial score (nSPS) is 17.1. The summed E-state index contributed by atoms with van der Waals surface area (Å²) in [4.78, 5) is 2.36. The van der Waals surface area contributed by atoms with Gasteiger partial charge in [-0.15, -0.1) is 0 Å². The molecule has 2 rings (SSSR count). The van der Waals surface area contributed by atoms with Crippen molar-refractivity contribution in [1.29, 1.82) is 0 Å². The first-order chi connectivity index (χ1) is 9.29. The van der Waals surface area contributed by atoms with E-state index < -0.39 is 0 Å². The summed E-state index contributed by atoms with van der Waals surface area (Å²) in [6, 6.07) is 7.40. The molecule has 1 aromatic carbocycles. The highest BCUT2D eigenvalue weighted by molar-refractivity contribution is 6.30. The summed E-state index contributed by atoms with van der Waals surface area (Å²) in [5, 5.41) is 4.40. The third-order valence-electron chi connectivity index (χ3n) is 4.42. The first kappa shape index (κ1) is 15.7. The van der Waals surface area contributed by atoms with Crippen molar-refractivity contribution >= 4 is 17.3 Å². The van der Waals surface area contributed by atoms with Crippen LogP contribution in [-0.4, -0.2) is 19.1 Å². The third-order valence-corrected chi connectivity index (χ3v) is 4.66. The van der Waals surface area contributed by atoms with Gasteiger partial charge < -0.3 is 10.2 Å². The minimum absolute atomic E-state index is 0.234. The molecular formula is C17H27ClN2. The Hall–Kier alpha value is -0.730. The van der Waals surface area contributed by atoms with Gasteiger partial charge in [-0.2, -0.15) is 0 Å². The smallest absolute Gasteiger partial charge is 0.0426 e. The van der Waals surface area contributed by atoms with Crippen LogP contribution in [0.3, 0.4) is 0 Å². The number of hydrogen-bond donors (Lipinski definition) is 1. The van der Waals surface area contributed by atoms with Crippen molar-refractivity contribution < 1.29 is 0 Å². The molecule has 0 spiro atoms. The Labute approximate surface area is 128 Å². The van der Waals surface area contributed by atoms with Gasteiger partial charge in [0.05, 0.1) is 0 Å². The van der Waals surface area contributed by atoms with E-state index in [1.165, 1.54) is 24.1 Å². The Morgan fingerprint density at radius 1 is 1.35 bits per heavy atom. The predicted octanol–water partition coefficient (Wildman–Crippen LogP) is 4.46. The zero-order valence-corrected chi connectivity index (χ0v) is 14.1. The largest absolute Gasteiger partial charge is 0.371 e. The molecule has 20 heavy (non-hydrogen) atoms. The van der Waals surface area contributed by atoms with Crippen LogP contribution in [0.1, 0.15) is 46.1 Å². The molecule has 1 aliphatic rings. The van der Waals surface area contributed by atoms with Gasteiger partial charge in [-0.05, 0) is 42.9 Å². The van der Waals surface area contributed by atoms with Gasteiger partial charge in [0.1, 0.15) is 0 Å². The maximum atomic E-state index is 6.21. The molecule has 2 nitrogen and oxygen atoms in total. The van der Waals surface area contributed by atoms with Crippen LogP contribution in [0.25, 0.3) is 0 Å². The summed E-state index contributed by atoms with van der Waals surface area (Å²) in [6.07, 6.45) is 2.63. The fraction of sp³-hybridized carbons (Fsp3) is 0.647. The molecule has 0 radical (unpaired) electrons. The molecule has 0 bridgehead atoms. The van der Waals surface area contributed by atoms with E-state index in [0.717, 1.165) is 17.6 Å². The van der Waals surface area contributed by atoms with Crippen molar-refractivity contribution in [1.82, 2.24) is 5.32 Å². The number of anilines is 1. The standard InChI is InChI=1S/C17H27ClN2/c1-12(17(2,3)4)20(5)16-10-14(18)7-6-13(16)11-19-15-8-9-15/h6-7,10,12,15,19H,8-9,11H2,1-5H3. The number of nitrogens with zero attached hydrogens (tertiary/aromatic N) is 1. The highest BCUT2D eigenvalue weighted by Gasteiger charge is 2.26. The molecular weight excluding hydrogens is 268 g/mol. The molecule has 1 fully saturated rings. The Kier molecular flexibility index (Phi) is 4.66. The van der Waals surface area contributed by atoms with Gasteiger partial charge in [0, 0.05) is 36.4 Å². The van der Waals surface area contributed by atoms with E-state index in [1.807, 2.05) is 6.07 Å². The fourth-order valence-corrected chi connectivity index (χ4v) is 2.51. The lowest BCUT2D eigenvalue weighted by Gasteiger charge is -2.38. The van der Waals surface area contributed by atoms with E-state index in [4.69, 9.17) is 11.6 Å². The van der Waals surface area contributed by atoms with Crippen LogP contribution in [-0.2, 0) is 6.54 Å². The van der Waals surface area contributed by atoms with E-state index in [9.17, 15) is 0 Å². The summed E-state index contributed by atoms with van der Waals surface area (Å²) >= 11 is 6.21. The van der Waals surface area contributed by atoms with Crippen LogP contribution in [0.15, 0.2) is 18.2 Å². The van der Waals surface area contributed by atoms with E-state index >= 15 is 0 Å². The maximum Gasteiger partial charge on any atom is 0.0426 e. The van der Waals surface area contributed by atoms with Gasteiger partial charge in [0.15, 0.2) is 0 Å². The summed E-state index contributed by atoms with van der Waals surface area (Å²) in [5.74, 6) is 0. The van der Waals surface area contributed by atoms with Crippen molar-refractivity contribution in [2.45, 2.75) is 59.2 Å². The molecule has 1 N–H and O–H groups in total. The average molecular weight is 295 g/mol. The SMILES string of the molecule is CC(N(C)c1cc(Cl)ccc1CNC1CC1)C(C)(C)C. The fourth-order valence-electron chi connectivity index (χ4n) is 2.35. The number of benzene rings is 1. The van der Waals surface area contributed by atoms with E-state index in [0.29, 0.717) is 6.04 Å². The average Bonchev–Trinajstić information content (AvgIpc) is 3.18. The van der Waals surface area contributed by atoms with Crippen LogP contribution in [0, 0.1) is 5.41 Å². The molecule has 112 valence electrons. The number of rotatable bonds is 5. The highest BCUT2D eigenvalue weighted by atomic mass is 35.5. The summed E-state index contributed by atoms with van der Waals surface area (Å²) < 4.78 is 0. The Balaban J connectivity index is 2.20. The quantitative estimate of drug-likeness (QED) is 0.862. The molecule has 0 aromatic heterocycles. The lowest BCUT2D eigenvalue weighted by molar-refractivity contribution is 0.329. The predicted molar refractivity (Wildman–Crippen MR) is 88.6 cm³/mol. The molecule has 1 saturated carbocycles. The summed E-state index contributed by atoms with van der Waals surface area (Å²) in [7, 11) is 2.17. The maximum absolute atomic E-state index is 6.21. The Bertz CT molecular complexity index is 461.